The minimum absolute atomic E-state index is 0.228. The summed E-state index contributed by atoms with van der Waals surface area (Å²) in [6, 6.07) is 7.81. The van der Waals surface area contributed by atoms with Crippen molar-refractivity contribution in [1.82, 2.24) is 9.64 Å². The minimum atomic E-state index is -0.247. The molecule has 0 saturated carbocycles. The molecule has 120 valence electrons. The van der Waals surface area contributed by atoms with E-state index in [1.54, 1.807) is 4.74 Å². The largest absolute Gasteiger partial charge is 0.371 e. The Bertz CT molecular complexity index is 802. The van der Waals surface area contributed by atoms with Gasteiger partial charge in [0, 0.05) is 18.8 Å². The predicted molar refractivity (Wildman–Crippen MR) is 93.4 cm³/mol. The molecule has 0 bridgehead atoms. The van der Waals surface area contributed by atoms with Crippen LogP contribution in [0.2, 0.25) is 0 Å². The first kappa shape index (κ1) is 15.4. The lowest BCUT2D eigenvalue weighted by Gasteiger charge is -2.34. The van der Waals surface area contributed by atoms with Crippen molar-refractivity contribution in [3.63, 3.8) is 0 Å². The normalized spacial score (nSPS) is 17.3. The van der Waals surface area contributed by atoms with Gasteiger partial charge in [0.2, 0.25) is 0 Å². The highest BCUT2D eigenvalue weighted by molar-refractivity contribution is 5.77. The van der Waals surface area contributed by atoms with Crippen LogP contribution in [0.4, 0.5) is 0 Å². The Labute approximate surface area is 136 Å². The van der Waals surface area contributed by atoms with Crippen molar-refractivity contribution in [2.45, 2.75) is 25.8 Å². The van der Waals surface area contributed by atoms with Crippen LogP contribution >= 0.6 is 0 Å². The number of benzene rings is 1. The molecule has 1 aromatic heterocycles. The van der Waals surface area contributed by atoms with Gasteiger partial charge in [0.1, 0.15) is 0 Å². The van der Waals surface area contributed by atoms with E-state index in [4.69, 9.17) is 4.52 Å². The van der Waals surface area contributed by atoms with E-state index in [-0.39, 0.29) is 11.7 Å². The average molecular weight is 310 g/mol. The van der Waals surface area contributed by atoms with Crippen molar-refractivity contribution in [3.05, 3.63) is 71.3 Å². The average Bonchev–Trinajstić information content (AvgIpc) is 2.93. The summed E-state index contributed by atoms with van der Waals surface area (Å²) in [6.07, 6.45) is 9.91. The molecule has 1 aromatic carbocycles. The van der Waals surface area contributed by atoms with Crippen molar-refractivity contribution in [1.29, 1.82) is 0 Å². The summed E-state index contributed by atoms with van der Waals surface area (Å²) in [7, 11) is 0. The van der Waals surface area contributed by atoms with E-state index >= 15 is 0 Å². The molecule has 0 radical (unpaired) electrons. The van der Waals surface area contributed by atoms with Crippen LogP contribution < -0.4 is 5.63 Å². The van der Waals surface area contributed by atoms with E-state index in [0.717, 1.165) is 37.1 Å². The maximum absolute atomic E-state index is 12.0. The van der Waals surface area contributed by atoms with E-state index < -0.39 is 0 Å². The second-order valence-electron chi connectivity index (χ2n) is 5.76. The Morgan fingerprint density at radius 3 is 2.74 bits per heavy atom. The lowest BCUT2D eigenvalue weighted by atomic mass is 10.0. The van der Waals surface area contributed by atoms with E-state index in [1.807, 2.05) is 49.4 Å². The summed E-state index contributed by atoms with van der Waals surface area (Å²) in [4.78, 5) is 14.3. The molecule has 0 atom stereocenters. The molecule has 0 spiro atoms. The smallest absolute Gasteiger partial charge is 0.365 e. The molecule has 4 heteroatoms. The first-order valence-electron chi connectivity index (χ1n) is 8.05. The first-order chi connectivity index (χ1) is 11.2. The summed E-state index contributed by atoms with van der Waals surface area (Å²) in [5.74, 6) is 0. The fourth-order valence-electron chi connectivity index (χ4n) is 3.15. The molecule has 1 aliphatic heterocycles. The minimum Gasteiger partial charge on any atom is -0.371 e. The lowest BCUT2D eigenvalue weighted by Crippen LogP contribution is -2.33. The number of nitrogens with zero attached hydrogens (tertiary/aromatic N) is 2. The fourth-order valence-corrected chi connectivity index (χ4v) is 3.15. The Balaban J connectivity index is 1.78. The van der Waals surface area contributed by atoms with Gasteiger partial charge in [0.25, 0.3) is 0 Å². The summed E-state index contributed by atoms with van der Waals surface area (Å²) in [5, 5.41) is 0.662. The van der Waals surface area contributed by atoms with Crippen molar-refractivity contribution in [2.24, 2.45) is 0 Å². The van der Waals surface area contributed by atoms with Gasteiger partial charge >= 0.3 is 5.63 Å². The molecule has 1 aliphatic rings. The standard InChI is InChI=1S/C19H22N2O2/c1-3-5-8-15(4-2)20-13-11-16(12-14-20)21-18-10-7-6-9-17(18)19(22)23-21/h3-10,16H,2,11-14H2,1H3/b5-3-,15-8+. The summed E-state index contributed by atoms with van der Waals surface area (Å²) < 4.78 is 7.29. The van der Waals surface area contributed by atoms with E-state index in [2.05, 4.69) is 17.6 Å². The number of piperidine rings is 1. The second kappa shape index (κ2) is 6.73. The molecule has 0 unspecified atom stereocenters. The van der Waals surface area contributed by atoms with Crippen molar-refractivity contribution < 1.29 is 4.52 Å². The SMILES string of the molecule is C=C/C(=C\C=C/C)N1CCC(n2oc(=O)c3ccccc32)CC1. The summed E-state index contributed by atoms with van der Waals surface area (Å²) in [6.45, 7) is 7.76. The third kappa shape index (κ3) is 3.02. The topological polar surface area (TPSA) is 38.4 Å². The highest BCUT2D eigenvalue weighted by Gasteiger charge is 2.24. The van der Waals surface area contributed by atoms with Gasteiger partial charge in [-0.25, -0.2) is 9.53 Å². The third-order valence-electron chi connectivity index (χ3n) is 4.37. The van der Waals surface area contributed by atoms with Crippen LogP contribution in [0.25, 0.3) is 10.9 Å². The number of likely N-dealkylation sites (tertiary alicyclic amines) is 1. The van der Waals surface area contributed by atoms with Crippen LogP contribution in [0.5, 0.6) is 0 Å². The molecule has 0 aliphatic carbocycles. The van der Waals surface area contributed by atoms with Crippen LogP contribution in [-0.4, -0.2) is 22.7 Å². The molecule has 1 fully saturated rings. The van der Waals surface area contributed by atoms with E-state index in [0.29, 0.717) is 5.39 Å². The number of hydrogen-bond acceptors (Lipinski definition) is 3. The molecular formula is C19H22N2O2. The van der Waals surface area contributed by atoms with Crippen molar-refractivity contribution in [3.8, 4) is 0 Å². The third-order valence-corrected chi connectivity index (χ3v) is 4.37. The molecule has 0 amide bonds. The zero-order chi connectivity index (χ0) is 16.2. The maximum Gasteiger partial charge on any atom is 0.365 e. The zero-order valence-corrected chi connectivity index (χ0v) is 13.4. The van der Waals surface area contributed by atoms with Gasteiger partial charge in [0.15, 0.2) is 0 Å². The van der Waals surface area contributed by atoms with Gasteiger partial charge in [-0.2, -0.15) is 0 Å². The van der Waals surface area contributed by atoms with Crippen LogP contribution in [0, 0.1) is 0 Å². The van der Waals surface area contributed by atoms with Gasteiger partial charge in [-0.05, 0) is 44.1 Å². The number of rotatable bonds is 4. The van der Waals surface area contributed by atoms with Crippen LogP contribution in [0.1, 0.15) is 25.8 Å². The maximum atomic E-state index is 12.0. The molecule has 2 aromatic rings. The summed E-state index contributed by atoms with van der Waals surface area (Å²) >= 11 is 0. The number of hydrogen-bond donors (Lipinski definition) is 0. The molecule has 23 heavy (non-hydrogen) atoms. The molecule has 2 heterocycles. The van der Waals surface area contributed by atoms with Crippen LogP contribution in [0.15, 0.2) is 70.2 Å². The number of aromatic nitrogens is 1. The van der Waals surface area contributed by atoms with Crippen LogP contribution in [0.3, 0.4) is 0 Å². The Morgan fingerprint density at radius 1 is 1.30 bits per heavy atom. The van der Waals surface area contributed by atoms with Gasteiger partial charge < -0.3 is 9.42 Å². The molecule has 4 nitrogen and oxygen atoms in total. The molecule has 0 N–H and O–H groups in total. The molecule has 3 rings (SSSR count). The fraction of sp³-hybridized carbons (Fsp3) is 0.316. The molecule has 1 saturated heterocycles. The lowest BCUT2D eigenvalue weighted by molar-refractivity contribution is 0.146. The predicted octanol–water partition coefficient (Wildman–Crippen LogP) is 3.88. The Kier molecular flexibility index (Phi) is 4.51. The van der Waals surface area contributed by atoms with Gasteiger partial charge in [-0.15, -0.1) is 0 Å². The monoisotopic (exact) mass is 310 g/mol. The Morgan fingerprint density at radius 2 is 2.04 bits per heavy atom. The number of para-hydroxylation sites is 1. The van der Waals surface area contributed by atoms with Crippen molar-refractivity contribution >= 4 is 10.9 Å². The highest BCUT2D eigenvalue weighted by Crippen LogP contribution is 2.27. The zero-order valence-electron chi connectivity index (χ0n) is 13.4. The van der Waals surface area contributed by atoms with Gasteiger partial charge in [0.05, 0.1) is 16.9 Å². The number of fused-ring (bicyclic) bond motifs is 1. The Hall–Kier alpha value is -2.49. The molecular weight excluding hydrogens is 288 g/mol. The second-order valence-corrected chi connectivity index (χ2v) is 5.76. The van der Waals surface area contributed by atoms with E-state index in [9.17, 15) is 4.79 Å². The van der Waals surface area contributed by atoms with Gasteiger partial charge in [-0.3, -0.25) is 0 Å². The quantitative estimate of drug-likeness (QED) is 0.804. The van der Waals surface area contributed by atoms with Crippen molar-refractivity contribution in [2.75, 3.05) is 13.1 Å². The van der Waals surface area contributed by atoms with E-state index in [1.165, 1.54) is 0 Å². The van der Waals surface area contributed by atoms with Crippen LogP contribution in [-0.2, 0) is 0 Å². The summed E-state index contributed by atoms with van der Waals surface area (Å²) in [5.41, 5.74) is 1.78. The number of allylic oxidation sites excluding steroid dienone is 4. The van der Waals surface area contributed by atoms with Gasteiger partial charge in [-0.1, -0.05) is 30.9 Å². The highest BCUT2D eigenvalue weighted by atomic mass is 16.5. The first-order valence-corrected chi connectivity index (χ1v) is 8.05.